The van der Waals surface area contributed by atoms with Crippen LogP contribution in [0.3, 0.4) is 0 Å². The zero-order chi connectivity index (χ0) is 34.4. The van der Waals surface area contributed by atoms with Gasteiger partial charge in [-0.25, -0.2) is 0 Å². The molecule has 0 spiro atoms. The zero-order valence-electron chi connectivity index (χ0n) is 28.4. The minimum Gasteiger partial charge on any atom is -0.455 e. The van der Waals surface area contributed by atoms with Gasteiger partial charge < -0.3 is 8.98 Å². The van der Waals surface area contributed by atoms with Gasteiger partial charge in [-0.05, 0) is 46.0 Å². The number of furan rings is 1. The number of hydrogen-bond acceptors (Lipinski definition) is 1. The van der Waals surface area contributed by atoms with Crippen LogP contribution in [-0.4, -0.2) is 4.57 Å². The SMILES string of the molecule is c1ccc(-c2ccccc2-c2oc(-c3c(-c4ccccc4)cccc3-c3cccc4c5ccccc5n(-c5ccccc5)c34)c3ccccc23)cc1. The van der Waals surface area contributed by atoms with Crippen LogP contribution < -0.4 is 0 Å². The molecule has 0 saturated carbocycles. The van der Waals surface area contributed by atoms with Gasteiger partial charge in [0.1, 0.15) is 11.5 Å². The van der Waals surface area contributed by atoms with Crippen LogP contribution in [0.5, 0.6) is 0 Å². The van der Waals surface area contributed by atoms with Crippen molar-refractivity contribution in [3.05, 3.63) is 200 Å². The van der Waals surface area contributed by atoms with Crippen molar-refractivity contribution >= 4 is 32.6 Å². The first-order valence-electron chi connectivity index (χ1n) is 17.8. The van der Waals surface area contributed by atoms with Gasteiger partial charge in [-0.15, -0.1) is 0 Å². The standard InChI is InChI=1S/C50H33NO/c1-4-18-34(19-5-1)37-24-10-11-26-43(37)49-44-27-12-13-28-45(44)50(52-49)47-38(35-20-6-2-7-21-35)29-16-30-40(47)42-32-17-31-41-39-25-14-15-33-46(39)51(48(41)42)36-22-8-3-9-23-36/h1-33H. The summed E-state index contributed by atoms with van der Waals surface area (Å²) in [6.07, 6.45) is 0. The van der Waals surface area contributed by atoms with Gasteiger partial charge >= 0.3 is 0 Å². The van der Waals surface area contributed by atoms with Crippen molar-refractivity contribution in [2.75, 3.05) is 0 Å². The van der Waals surface area contributed by atoms with E-state index in [2.05, 4.69) is 205 Å². The van der Waals surface area contributed by atoms with Gasteiger partial charge in [-0.3, -0.25) is 0 Å². The molecule has 0 saturated heterocycles. The molecular formula is C50H33NO. The van der Waals surface area contributed by atoms with Crippen LogP contribution in [0.25, 0.3) is 94.3 Å². The fourth-order valence-electron chi connectivity index (χ4n) is 7.99. The molecule has 8 aromatic carbocycles. The summed E-state index contributed by atoms with van der Waals surface area (Å²) in [6.45, 7) is 0. The van der Waals surface area contributed by atoms with Gasteiger partial charge in [-0.2, -0.15) is 0 Å². The second-order valence-corrected chi connectivity index (χ2v) is 13.2. The maximum Gasteiger partial charge on any atom is 0.143 e. The quantitative estimate of drug-likeness (QED) is 0.173. The molecule has 0 aliphatic carbocycles. The van der Waals surface area contributed by atoms with E-state index in [9.17, 15) is 0 Å². The molecule has 0 aliphatic heterocycles. The Hall–Kier alpha value is -6.90. The fraction of sp³-hybridized carbons (Fsp3) is 0. The highest BCUT2D eigenvalue weighted by Gasteiger charge is 2.25. The van der Waals surface area contributed by atoms with Crippen LogP contribution in [-0.2, 0) is 0 Å². The Morgan fingerprint density at radius 3 is 1.52 bits per heavy atom. The van der Waals surface area contributed by atoms with Gasteiger partial charge in [-0.1, -0.05) is 182 Å². The predicted molar refractivity (Wildman–Crippen MR) is 218 cm³/mol. The summed E-state index contributed by atoms with van der Waals surface area (Å²) in [5, 5.41) is 4.62. The Morgan fingerprint density at radius 2 is 0.788 bits per heavy atom. The summed E-state index contributed by atoms with van der Waals surface area (Å²) in [5.41, 5.74) is 12.5. The Bertz CT molecular complexity index is 2880. The van der Waals surface area contributed by atoms with Crippen molar-refractivity contribution in [1.82, 2.24) is 4.57 Å². The maximum atomic E-state index is 7.30. The van der Waals surface area contributed by atoms with E-state index in [1.54, 1.807) is 0 Å². The zero-order valence-corrected chi connectivity index (χ0v) is 28.4. The van der Waals surface area contributed by atoms with E-state index in [0.717, 1.165) is 72.5 Å². The minimum atomic E-state index is 0.863. The third-order valence-corrected chi connectivity index (χ3v) is 10.3. The van der Waals surface area contributed by atoms with Gasteiger partial charge in [0.25, 0.3) is 0 Å². The second kappa shape index (κ2) is 12.5. The van der Waals surface area contributed by atoms with E-state index in [4.69, 9.17) is 4.42 Å². The second-order valence-electron chi connectivity index (χ2n) is 13.2. The predicted octanol–water partition coefficient (Wildman–Crippen LogP) is 13.9. The molecule has 2 nitrogen and oxygen atoms in total. The van der Waals surface area contributed by atoms with Crippen LogP contribution in [0, 0.1) is 0 Å². The molecule has 0 radical (unpaired) electrons. The van der Waals surface area contributed by atoms with Gasteiger partial charge in [0, 0.05) is 43.9 Å². The van der Waals surface area contributed by atoms with Crippen LogP contribution in [0.4, 0.5) is 0 Å². The van der Waals surface area contributed by atoms with Crippen LogP contribution in [0.15, 0.2) is 205 Å². The number of hydrogen-bond donors (Lipinski definition) is 0. The van der Waals surface area contributed by atoms with Gasteiger partial charge in [0.15, 0.2) is 0 Å². The molecule has 2 heteroatoms. The normalized spacial score (nSPS) is 11.5. The van der Waals surface area contributed by atoms with Crippen LogP contribution >= 0.6 is 0 Å². The number of benzene rings is 8. The molecule has 0 aliphatic rings. The lowest BCUT2D eigenvalue weighted by Gasteiger charge is -2.17. The van der Waals surface area contributed by atoms with Crippen LogP contribution in [0.1, 0.15) is 0 Å². The molecule has 2 aromatic heterocycles. The summed E-state index contributed by atoms with van der Waals surface area (Å²) in [4.78, 5) is 0. The lowest BCUT2D eigenvalue weighted by molar-refractivity contribution is 0.602. The number of rotatable bonds is 6. The summed E-state index contributed by atoms with van der Waals surface area (Å²) in [7, 11) is 0. The van der Waals surface area contributed by atoms with E-state index in [0.29, 0.717) is 0 Å². The van der Waals surface area contributed by atoms with E-state index in [-0.39, 0.29) is 0 Å². The summed E-state index contributed by atoms with van der Waals surface area (Å²) >= 11 is 0. The highest BCUT2D eigenvalue weighted by atomic mass is 16.3. The maximum absolute atomic E-state index is 7.30. The van der Waals surface area contributed by atoms with Crippen molar-refractivity contribution in [2.24, 2.45) is 0 Å². The number of aromatic nitrogens is 1. The van der Waals surface area contributed by atoms with E-state index >= 15 is 0 Å². The molecular weight excluding hydrogens is 631 g/mol. The summed E-state index contributed by atoms with van der Waals surface area (Å²) in [6, 6.07) is 71.3. The third kappa shape index (κ3) is 4.80. The first kappa shape index (κ1) is 30.0. The number of para-hydroxylation sites is 3. The Morgan fingerprint density at radius 1 is 0.308 bits per heavy atom. The van der Waals surface area contributed by atoms with Crippen molar-refractivity contribution in [3.63, 3.8) is 0 Å². The first-order chi connectivity index (χ1) is 25.8. The molecule has 10 rings (SSSR count). The summed E-state index contributed by atoms with van der Waals surface area (Å²) < 4.78 is 9.72. The molecule has 52 heavy (non-hydrogen) atoms. The number of fused-ring (bicyclic) bond motifs is 4. The van der Waals surface area contributed by atoms with Crippen molar-refractivity contribution in [3.8, 4) is 61.7 Å². The lowest BCUT2D eigenvalue weighted by atomic mass is 9.88. The number of nitrogens with zero attached hydrogens (tertiary/aromatic N) is 1. The fourth-order valence-corrected chi connectivity index (χ4v) is 7.99. The highest BCUT2D eigenvalue weighted by Crippen LogP contribution is 2.49. The van der Waals surface area contributed by atoms with Crippen molar-refractivity contribution < 1.29 is 4.42 Å². The van der Waals surface area contributed by atoms with Gasteiger partial charge in [0.2, 0.25) is 0 Å². The van der Waals surface area contributed by atoms with Crippen molar-refractivity contribution in [1.29, 1.82) is 0 Å². The Balaban J connectivity index is 1.32. The average Bonchev–Trinajstić information content (AvgIpc) is 3.78. The molecule has 2 heterocycles. The molecule has 0 amide bonds. The smallest absolute Gasteiger partial charge is 0.143 e. The van der Waals surface area contributed by atoms with Gasteiger partial charge in [0.05, 0.1) is 11.0 Å². The molecule has 0 fully saturated rings. The largest absolute Gasteiger partial charge is 0.455 e. The van der Waals surface area contributed by atoms with E-state index in [1.165, 1.54) is 21.8 Å². The molecule has 0 N–H and O–H groups in total. The molecule has 0 atom stereocenters. The van der Waals surface area contributed by atoms with E-state index in [1.807, 2.05) is 0 Å². The topological polar surface area (TPSA) is 18.1 Å². The Kier molecular flexibility index (Phi) is 7.18. The summed E-state index contributed by atoms with van der Waals surface area (Å²) in [5.74, 6) is 1.73. The molecule has 0 bridgehead atoms. The minimum absolute atomic E-state index is 0.863. The monoisotopic (exact) mass is 663 g/mol. The molecule has 10 aromatic rings. The first-order valence-corrected chi connectivity index (χ1v) is 17.8. The molecule has 0 unspecified atom stereocenters. The van der Waals surface area contributed by atoms with Crippen LogP contribution in [0.2, 0.25) is 0 Å². The van der Waals surface area contributed by atoms with Crippen molar-refractivity contribution in [2.45, 2.75) is 0 Å². The lowest BCUT2D eigenvalue weighted by Crippen LogP contribution is -1.96. The third-order valence-electron chi connectivity index (χ3n) is 10.3. The molecule has 244 valence electrons. The van der Waals surface area contributed by atoms with E-state index < -0.39 is 0 Å². The highest BCUT2D eigenvalue weighted by molar-refractivity contribution is 6.16. The Labute approximate surface area is 302 Å². The average molecular weight is 664 g/mol.